The van der Waals surface area contributed by atoms with Crippen molar-refractivity contribution in [3.8, 4) is 0 Å². The SMILES string of the molecule is O=C(NC1CCN(CC2(c3ccccc3)CC2)CC1)c1ccc(F)cc1. The van der Waals surface area contributed by atoms with Gasteiger partial charge in [0.05, 0.1) is 0 Å². The first kappa shape index (κ1) is 17.2. The predicted octanol–water partition coefficient (Wildman–Crippen LogP) is 3.75. The lowest BCUT2D eigenvalue weighted by molar-refractivity contribution is 0.0908. The second kappa shape index (κ2) is 7.20. The van der Waals surface area contributed by atoms with Crippen molar-refractivity contribution in [2.45, 2.75) is 37.1 Å². The molecule has 0 spiro atoms. The van der Waals surface area contributed by atoms with E-state index in [9.17, 15) is 9.18 Å². The van der Waals surface area contributed by atoms with E-state index < -0.39 is 0 Å². The molecule has 0 bridgehead atoms. The molecular weight excluding hydrogens is 327 g/mol. The van der Waals surface area contributed by atoms with Gasteiger partial charge in [-0.2, -0.15) is 0 Å². The number of likely N-dealkylation sites (tertiary alicyclic amines) is 1. The number of nitrogens with zero attached hydrogens (tertiary/aromatic N) is 1. The van der Waals surface area contributed by atoms with Crippen LogP contribution in [0.2, 0.25) is 0 Å². The molecule has 1 aliphatic heterocycles. The summed E-state index contributed by atoms with van der Waals surface area (Å²) in [6, 6.07) is 16.8. The first-order valence-corrected chi connectivity index (χ1v) is 9.49. The van der Waals surface area contributed by atoms with Crippen molar-refractivity contribution in [2.75, 3.05) is 19.6 Å². The van der Waals surface area contributed by atoms with Crippen LogP contribution < -0.4 is 5.32 Å². The third kappa shape index (κ3) is 3.80. The van der Waals surface area contributed by atoms with Crippen LogP contribution >= 0.6 is 0 Å². The molecule has 3 nitrogen and oxygen atoms in total. The van der Waals surface area contributed by atoms with Gasteiger partial charge in [-0.1, -0.05) is 30.3 Å². The first-order valence-electron chi connectivity index (χ1n) is 9.49. The molecule has 1 saturated heterocycles. The van der Waals surface area contributed by atoms with Crippen molar-refractivity contribution in [1.29, 1.82) is 0 Å². The molecule has 0 atom stereocenters. The van der Waals surface area contributed by atoms with Crippen LogP contribution in [0.1, 0.15) is 41.6 Å². The van der Waals surface area contributed by atoms with E-state index in [1.165, 1.54) is 42.7 Å². The summed E-state index contributed by atoms with van der Waals surface area (Å²) in [5.41, 5.74) is 2.34. The van der Waals surface area contributed by atoms with Gasteiger partial charge in [-0.05, 0) is 55.5 Å². The minimum Gasteiger partial charge on any atom is -0.349 e. The number of rotatable bonds is 5. The fourth-order valence-corrected chi connectivity index (χ4v) is 4.01. The lowest BCUT2D eigenvalue weighted by Gasteiger charge is -2.35. The van der Waals surface area contributed by atoms with Crippen LogP contribution in [0, 0.1) is 5.82 Å². The second-order valence-corrected chi connectivity index (χ2v) is 7.68. The molecule has 1 N–H and O–H groups in total. The molecular formula is C22H25FN2O. The maximum Gasteiger partial charge on any atom is 0.251 e. The molecule has 1 aliphatic carbocycles. The highest BCUT2D eigenvalue weighted by Gasteiger charge is 2.45. The van der Waals surface area contributed by atoms with E-state index in [4.69, 9.17) is 0 Å². The van der Waals surface area contributed by atoms with Crippen LogP contribution in [0.25, 0.3) is 0 Å². The second-order valence-electron chi connectivity index (χ2n) is 7.68. The molecule has 26 heavy (non-hydrogen) atoms. The molecule has 4 rings (SSSR count). The van der Waals surface area contributed by atoms with Crippen LogP contribution in [-0.2, 0) is 5.41 Å². The molecule has 1 saturated carbocycles. The average molecular weight is 352 g/mol. The third-order valence-corrected chi connectivity index (χ3v) is 5.80. The van der Waals surface area contributed by atoms with E-state index in [1.807, 2.05) is 0 Å². The Morgan fingerprint density at radius 3 is 2.31 bits per heavy atom. The van der Waals surface area contributed by atoms with Crippen LogP contribution in [0.4, 0.5) is 4.39 Å². The Hall–Kier alpha value is -2.20. The summed E-state index contributed by atoms with van der Waals surface area (Å²) in [6.07, 6.45) is 4.49. The standard InChI is InChI=1S/C22H25FN2O/c23-19-8-6-17(7-9-19)21(26)24-20-10-14-25(15-11-20)16-22(12-13-22)18-4-2-1-3-5-18/h1-9,20H,10-16H2,(H,24,26). The number of hydrogen-bond acceptors (Lipinski definition) is 2. The summed E-state index contributed by atoms with van der Waals surface area (Å²) in [7, 11) is 0. The molecule has 2 aromatic carbocycles. The monoisotopic (exact) mass is 352 g/mol. The van der Waals surface area contributed by atoms with Gasteiger partial charge in [-0.25, -0.2) is 4.39 Å². The summed E-state index contributed by atoms with van der Waals surface area (Å²) >= 11 is 0. The highest BCUT2D eigenvalue weighted by atomic mass is 19.1. The zero-order chi connectivity index (χ0) is 18.0. The topological polar surface area (TPSA) is 32.3 Å². The Balaban J connectivity index is 1.28. The van der Waals surface area contributed by atoms with Gasteiger partial charge in [-0.15, -0.1) is 0 Å². The molecule has 2 aliphatic rings. The number of nitrogens with one attached hydrogen (secondary N) is 1. The number of hydrogen-bond donors (Lipinski definition) is 1. The largest absolute Gasteiger partial charge is 0.349 e. The number of carbonyl (C=O) groups is 1. The van der Waals surface area contributed by atoms with E-state index in [2.05, 4.69) is 40.5 Å². The average Bonchev–Trinajstić information content (AvgIpc) is 3.45. The van der Waals surface area contributed by atoms with Crippen molar-refractivity contribution < 1.29 is 9.18 Å². The minimum atomic E-state index is -0.317. The number of amides is 1. The Morgan fingerprint density at radius 2 is 1.69 bits per heavy atom. The summed E-state index contributed by atoms with van der Waals surface area (Å²) in [5.74, 6) is -0.423. The van der Waals surface area contributed by atoms with Crippen LogP contribution in [0.5, 0.6) is 0 Å². The number of piperidine rings is 1. The van der Waals surface area contributed by atoms with E-state index in [0.29, 0.717) is 11.0 Å². The van der Waals surface area contributed by atoms with Crippen molar-refractivity contribution in [1.82, 2.24) is 10.2 Å². The molecule has 0 unspecified atom stereocenters. The Labute approximate surface area is 154 Å². The molecule has 4 heteroatoms. The summed E-state index contributed by atoms with van der Waals surface area (Å²) in [6.45, 7) is 3.15. The smallest absolute Gasteiger partial charge is 0.251 e. The molecule has 1 amide bonds. The zero-order valence-corrected chi connectivity index (χ0v) is 15.0. The van der Waals surface area contributed by atoms with Crippen molar-refractivity contribution in [3.05, 3.63) is 71.5 Å². The molecule has 0 aromatic heterocycles. The Kier molecular flexibility index (Phi) is 4.77. The van der Waals surface area contributed by atoms with Gasteiger partial charge in [0.1, 0.15) is 5.82 Å². The van der Waals surface area contributed by atoms with Gasteiger partial charge in [0.25, 0.3) is 5.91 Å². The predicted molar refractivity (Wildman–Crippen MR) is 101 cm³/mol. The highest BCUT2D eigenvalue weighted by Crippen LogP contribution is 2.48. The van der Waals surface area contributed by atoms with E-state index in [1.54, 1.807) is 0 Å². The quantitative estimate of drug-likeness (QED) is 0.889. The maximum absolute atomic E-state index is 13.0. The summed E-state index contributed by atoms with van der Waals surface area (Å²) < 4.78 is 13.0. The van der Waals surface area contributed by atoms with Crippen LogP contribution in [0.3, 0.4) is 0 Å². The maximum atomic E-state index is 13.0. The Morgan fingerprint density at radius 1 is 1.04 bits per heavy atom. The summed E-state index contributed by atoms with van der Waals surface area (Å²) in [4.78, 5) is 14.8. The number of halogens is 1. The lowest BCUT2D eigenvalue weighted by Crippen LogP contribution is -2.46. The van der Waals surface area contributed by atoms with Crippen LogP contribution in [0.15, 0.2) is 54.6 Å². The highest BCUT2D eigenvalue weighted by molar-refractivity contribution is 5.94. The van der Waals surface area contributed by atoms with Gasteiger partial charge in [0.2, 0.25) is 0 Å². The van der Waals surface area contributed by atoms with Crippen molar-refractivity contribution >= 4 is 5.91 Å². The third-order valence-electron chi connectivity index (χ3n) is 5.80. The molecule has 1 heterocycles. The van der Waals surface area contributed by atoms with E-state index in [0.717, 1.165) is 32.5 Å². The van der Waals surface area contributed by atoms with Crippen LogP contribution in [-0.4, -0.2) is 36.5 Å². The zero-order valence-electron chi connectivity index (χ0n) is 15.0. The van der Waals surface area contributed by atoms with Gasteiger partial charge < -0.3 is 10.2 Å². The molecule has 2 aromatic rings. The van der Waals surface area contributed by atoms with E-state index >= 15 is 0 Å². The minimum absolute atomic E-state index is 0.105. The van der Waals surface area contributed by atoms with Gasteiger partial charge >= 0.3 is 0 Å². The molecule has 2 fully saturated rings. The van der Waals surface area contributed by atoms with E-state index in [-0.39, 0.29) is 17.8 Å². The molecule has 136 valence electrons. The summed E-state index contributed by atoms with van der Waals surface area (Å²) in [5, 5.41) is 3.10. The van der Waals surface area contributed by atoms with Gasteiger partial charge in [0.15, 0.2) is 0 Å². The number of carbonyl (C=O) groups excluding carboxylic acids is 1. The normalized spacial score (nSPS) is 19.9. The Bertz CT molecular complexity index is 747. The van der Waals surface area contributed by atoms with Gasteiger partial charge in [-0.3, -0.25) is 4.79 Å². The van der Waals surface area contributed by atoms with Crippen molar-refractivity contribution in [3.63, 3.8) is 0 Å². The first-order chi connectivity index (χ1) is 12.6. The van der Waals surface area contributed by atoms with Gasteiger partial charge in [0, 0.05) is 36.7 Å². The van der Waals surface area contributed by atoms with Crippen molar-refractivity contribution in [2.24, 2.45) is 0 Å². The fraction of sp³-hybridized carbons (Fsp3) is 0.409. The number of benzene rings is 2. The fourth-order valence-electron chi connectivity index (χ4n) is 4.01. The molecule has 0 radical (unpaired) electrons. The lowest BCUT2D eigenvalue weighted by atomic mass is 9.94.